The second kappa shape index (κ2) is 11.8. The van der Waals surface area contributed by atoms with E-state index < -0.39 is 17.9 Å². The van der Waals surface area contributed by atoms with Crippen LogP contribution in [-0.4, -0.2) is 39.6 Å². The molecule has 0 saturated carbocycles. The number of nitrogens with one attached hydrogen (secondary N) is 1. The van der Waals surface area contributed by atoms with Gasteiger partial charge in [-0.2, -0.15) is 4.37 Å². The quantitative estimate of drug-likeness (QED) is 0.454. The highest BCUT2D eigenvalue weighted by molar-refractivity contribution is 7.09. The molecule has 10 heteroatoms. The Hall–Kier alpha value is -2.65. The summed E-state index contributed by atoms with van der Waals surface area (Å²) in [5.41, 5.74) is 11.8. The Morgan fingerprint density at radius 1 is 1.22 bits per heavy atom. The van der Waals surface area contributed by atoms with Crippen LogP contribution in [0.1, 0.15) is 65.8 Å². The third-order valence-electron chi connectivity index (χ3n) is 4.98. The molecule has 2 aromatic rings. The van der Waals surface area contributed by atoms with E-state index in [2.05, 4.69) is 23.5 Å². The number of hydrogen-bond acceptors (Lipinski definition) is 6. The van der Waals surface area contributed by atoms with Gasteiger partial charge in [-0.05, 0) is 41.9 Å². The highest BCUT2D eigenvalue weighted by Crippen LogP contribution is 2.27. The van der Waals surface area contributed by atoms with Crippen LogP contribution in [0.15, 0.2) is 24.3 Å². The van der Waals surface area contributed by atoms with E-state index in [1.54, 1.807) is 18.2 Å². The van der Waals surface area contributed by atoms with Crippen LogP contribution in [0.4, 0.5) is 5.69 Å². The van der Waals surface area contributed by atoms with Gasteiger partial charge in [0.15, 0.2) is 5.69 Å². The van der Waals surface area contributed by atoms with E-state index in [0.717, 1.165) is 18.0 Å². The number of nitrogen functional groups attached to an aromatic ring is 1. The van der Waals surface area contributed by atoms with Crippen molar-refractivity contribution in [3.63, 3.8) is 0 Å². The Morgan fingerprint density at radius 2 is 1.91 bits per heavy atom. The summed E-state index contributed by atoms with van der Waals surface area (Å²) in [7, 11) is 0. The number of hydrogen-bond donors (Lipinski definition) is 3. The molecule has 1 aromatic carbocycles. The summed E-state index contributed by atoms with van der Waals surface area (Å²) in [5.74, 6) is -1.12. The number of nitrogens with zero attached hydrogens (tertiary/aromatic N) is 2. The predicted octanol–water partition coefficient (Wildman–Crippen LogP) is 3.45. The zero-order chi connectivity index (χ0) is 23.8. The monoisotopic (exact) mass is 479 g/mol. The van der Waals surface area contributed by atoms with Crippen molar-refractivity contribution in [2.24, 2.45) is 11.7 Å². The van der Waals surface area contributed by atoms with Gasteiger partial charge in [-0.15, -0.1) is 0 Å². The molecule has 0 saturated heterocycles. The maximum atomic E-state index is 13.6. The maximum Gasteiger partial charge on any atom is 0.270 e. The third kappa shape index (κ3) is 6.43. The van der Waals surface area contributed by atoms with Gasteiger partial charge >= 0.3 is 0 Å². The fourth-order valence-corrected chi connectivity index (χ4v) is 4.15. The Labute approximate surface area is 197 Å². The number of carbonyl (C=O) groups excluding carboxylic acids is 3. The Bertz CT molecular complexity index is 963. The van der Waals surface area contributed by atoms with Crippen molar-refractivity contribution in [2.45, 2.75) is 52.6 Å². The van der Waals surface area contributed by atoms with Gasteiger partial charge in [0.25, 0.3) is 11.8 Å². The molecule has 0 aliphatic carbocycles. The molecule has 0 fully saturated rings. The first-order chi connectivity index (χ1) is 15.2. The molecule has 32 heavy (non-hydrogen) atoms. The standard InChI is InChI=1S/C22H30ClN5O3S/c1-4-7-16(21(30)26-11-10-13(2)3)28(12-14-8-5-6-9-15(14)23)22(31)19-17(24)18(20(25)29)27-32-19/h5-6,8-9,13,16H,4,7,10-12,24H2,1-3H3,(H2,25,29)(H,26,30). The number of halogens is 1. The number of rotatable bonds is 11. The molecular weight excluding hydrogens is 450 g/mol. The van der Waals surface area contributed by atoms with Gasteiger partial charge in [0.2, 0.25) is 5.91 Å². The van der Waals surface area contributed by atoms with E-state index in [1.165, 1.54) is 4.90 Å². The van der Waals surface area contributed by atoms with Gasteiger partial charge in [-0.25, -0.2) is 0 Å². The molecule has 0 radical (unpaired) electrons. The zero-order valence-corrected chi connectivity index (χ0v) is 20.1. The van der Waals surface area contributed by atoms with E-state index in [4.69, 9.17) is 23.1 Å². The normalized spacial score (nSPS) is 11.9. The molecule has 1 aromatic heterocycles. The van der Waals surface area contributed by atoms with Crippen LogP contribution in [0.2, 0.25) is 5.02 Å². The smallest absolute Gasteiger partial charge is 0.270 e. The number of nitrogens with two attached hydrogens (primary N) is 2. The van der Waals surface area contributed by atoms with Gasteiger partial charge in [-0.1, -0.05) is 57.0 Å². The van der Waals surface area contributed by atoms with Crippen molar-refractivity contribution in [3.05, 3.63) is 45.4 Å². The highest BCUT2D eigenvalue weighted by Gasteiger charge is 2.33. The van der Waals surface area contributed by atoms with Crippen LogP contribution >= 0.6 is 23.1 Å². The van der Waals surface area contributed by atoms with Gasteiger partial charge in [0.1, 0.15) is 10.9 Å². The van der Waals surface area contributed by atoms with Gasteiger partial charge < -0.3 is 21.7 Å². The second-order valence-electron chi connectivity index (χ2n) is 7.94. The first kappa shape index (κ1) is 25.6. The fourth-order valence-electron chi connectivity index (χ4n) is 3.20. The van der Waals surface area contributed by atoms with Crippen LogP contribution in [0.5, 0.6) is 0 Å². The first-order valence-electron chi connectivity index (χ1n) is 10.5. The number of anilines is 1. The van der Waals surface area contributed by atoms with E-state index in [9.17, 15) is 14.4 Å². The van der Waals surface area contributed by atoms with E-state index in [1.807, 2.05) is 13.0 Å². The summed E-state index contributed by atoms with van der Waals surface area (Å²) in [6.45, 7) is 6.71. The van der Waals surface area contributed by atoms with Gasteiger partial charge in [-0.3, -0.25) is 14.4 Å². The molecule has 1 unspecified atom stereocenters. The lowest BCUT2D eigenvalue weighted by molar-refractivity contribution is -0.126. The largest absolute Gasteiger partial charge is 0.395 e. The van der Waals surface area contributed by atoms with E-state index in [-0.39, 0.29) is 28.7 Å². The van der Waals surface area contributed by atoms with E-state index >= 15 is 0 Å². The van der Waals surface area contributed by atoms with Crippen LogP contribution in [0.3, 0.4) is 0 Å². The van der Waals surface area contributed by atoms with Crippen LogP contribution < -0.4 is 16.8 Å². The van der Waals surface area contributed by atoms with Crippen molar-refractivity contribution in [3.8, 4) is 0 Å². The molecule has 0 bridgehead atoms. The maximum absolute atomic E-state index is 13.6. The zero-order valence-electron chi connectivity index (χ0n) is 18.6. The lowest BCUT2D eigenvalue weighted by atomic mass is 10.1. The molecule has 0 aliphatic heterocycles. The van der Waals surface area contributed by atoms with Crippen molar-refractivity contribution in [1.82, 2.24) is 14.6 Å². The van der Waals surface area contributed by atoms with Crippen molar-refractivity contribution < 1.29 is 14.4 Å². The van der Waals surface area contributed by atoms with Crippen molar-refractivity contribution in [1.29, 1.82) is 0 Å². The summed E-state index contributed by atoms with van der Waals surface area (Å²) in [5, 5.41) is 3.42. The van der Waals surface area contributed by atoms with Crippen LogP contribution in [0, 0.1) is 5.92 Å². The summed E-state index contributed by atoms with van der Waals surface area (Å²) in [4.78, 5) is 39.8. The minimum absolute atomic E-state index is 0.0712. The van der Waals surface area contributed by atoms with Crippen LogP contribution in [-0.2, 0) is 11.3 Å². The Balaban J connectivity index is 2.43. The molecule has 174 valence electrons. The molecule has 0 aliphatic rings. The number of primary amides is 1. The average Bonchev–Trinajstić information content (AvgIpc) is 3.12. The number of carbonyl (C=O) groups is 3. The molecule has 1 atom stereocenters. The molecule has 0 spiro atoms. The average molecular weight is 480 g/mol. The summed E-state index contributed by atoms with van der Waals surface area (Å²) < 4.78 is 3.93. The molecule has 1 heterocycles. The predicted molar refractivity (Wildman–Crippen MR) is 128 cm³/mol. The second-order valence-corrected chi connectivity index (χ2v) is 9.12. The number of amides is 3. The van der Waals surface area contributed by atoms with Gasteiger partial charge in [0, 0.05) is 18.1 Å². The number of aromatic nitrogens is 1. The minimum atomic E-state index is -0.813. The first-order valence-corrected chi connectivity index (χ1v) is 11.7. The fraction of sp³-hybridized carbons (Fsp3) is 0.455. The molecule has 8 nitrogen and oxygen atoms in total. The summed E-state index contributed by atoms with van der Waals surface area (Å²) >= 11 is 7.13. The summed E-state index contributed by atoms with van der Waals surface area (Å²) in [6, 6.07) is 6.39. The van der Waals surface area contributed by atoms with E-state index in [0.29, 0.717) is 35.9 Å². The third-order valence-corrected chi connectivity index (χ3v) is 6.20. The van der Waals surface area contributed by atoms with Gasteiger partial charge in [0.05, 0.1) is 5.69 Å². The Morgan fingerprint density at radius 3 is 2.47 bits per heavy atom. The molecular formula is C22H30ClN5O3S. The number of benzene rings is 1. The minimum Gasteiger partial charge on any atom is -0.395 e. The SMILES string of the molecule is CCCC(C(=O)NCCC(C)C)N(Cc1ccccc1Cl)C(=O)c1snc(C(N)=O)c1N. The van der Waals surface area contributed by atoms with Crippen molar-refractivity contribution in [2.75, 3.05) is 12.3 Å². The molecule has 3 amide bonds. The molecule has 2 rings (SSSR count). The topological polar surface area (TPSA) is 131 Å². The highest BCUT2D eigenvalue weighted by atomic mass is 35.5. The van der Waals surface area contributed by atoms with Crippen LogP contribution in [0.25, 0.3) is 0 Å². The Kier molecular flexibility index (Phi) is 9.46. The lowest BCUT2D eigenvalue weighted by Gasteiger charge is -2.31. The summed E-state index contributed by atoms with van der Waals surface area (Å²) in [6.07, 6.45) is 1.96. The molecule has 5 N–H and O–H groups in total. The van der Waals surface area contributed by atoms with Crippen molar-refractivity contribution >= 4 is 46.5 Å². The lowest BCUT2D eigenvalue weighted by Crippen LogP contribution is -2.49.